The van der Waals surface area contributed by atoms with Crippen LogP contribution >= 0.6 is 31.9 Å². The van der Waals surface area contributed by atoms with Crippen LogP contribution in [0.1, 0.15) is 62.0 Å². The number of rotatable bonds is 7. The Bertz CT molecular complexity index is 1280. The van der Waals surface area contributed by atoms with Crippen molar-refractivity contribution in [1.82, 2.24) is 4.90 Å². The third-order valence-electron chi connectivity index (χ3n) is 7.23. The SMILES string of the molecule is O=C(O)CCN1C2=C(C(=O)CCC2)C(c2cc(Br)ccc2OCc2ccc(Br)cc2)C2=C1CCCC2=O. The van der Waals surface area contributed by atoms with Gasteiger partial charge in [0.15, 0.2) is 11.6 Å². The van der Waals surface area contributed by atoms with Gasteiger partial charge in [0.05, 0.1) is 6.42 Å². The molecule has 0 fully saturated rings. The number of hydrogen-bond acceptors (Lipinski definition) is 5. The molecule has 1 heterocycles. The number of nitrogens with zero attached hydrogens (tertiary/aromatic N) is 1. The van der Waals surface area contributed by atoms with Crippen LogP contribution in [0.5, 0.6) is 5.75 Å². The number of ether oxygens (including phenoxy) is 1. The molecule has 0 bridgehead atoms. The smallest absolute Gasteiger partial charge is 0.305 e. The van der Waals surface area contributed by atoms with Crippen LogP contribution < -0.4 is 4.74 Å². The number of allylic oxidation sites excluding steroid dienone is 4. The molecule has 3 aliphatic rings. The monoisotopic (exact) mass is 627 g/mol. The second-order valence-corrected chi connectivity index (χ2v) is 11.4. The Balaban J connectivity index is 1.63. The molecule has 2 aromatic carbocycles. The lowest BCUT2D eigenvalue weighted by molar-refractivity contribution is -0.137. The predicted octanol–water partition coefficient (Wildman–Crippen LogP) is 6.68. The molecule has 0 saturated heterocycles. The number of Topliss-reactive ketones (excluding diaryl/α,β-unsaturated/α-hetero) is 2. The van der Waals surface area contributed by atoms with Crippen LogP contribution in [-0.2, 0) is 21.0 Å². The molecule has 0 spiro atoms. The van der Waals surface area contributed by atoms with Gasteiger partial charge in [-0.1, -0.05) is 44.0 Å². The molecule has 1 aliphatic heterocycles. The van der Waals surface area contributed by atoms with Crippen molar-refractivity contribution in [3.63, 3.8) is 0 Å². The van der Waals surface area contributed by atoms with E-state index in [1.807, 2.05) is 47.4 Å². The minimum atomic E-state index is -0.897. The van der Waals surface area contributed by atoms with E-state index >= 15 is 0 Å². The van der Waals surface area contributed by atoms with Crippen LogP contribution in [-0.4, -0.2) is 34.1 Å². The minimum absolute atomic E-state index is 0.0235. The highest BCUT2D eigenvalue weighted by Gasteiger charge is 2.44. The molecule has 0 atom stereocenters. The summed E-state index contributed by atoms with van der Waals surface area (Å²) in [6, 6.07) is 13.6. The summed E-state index contributed by atoms with van der Waals surface area (Å²) < 4.78 is 8.13. The van der Waals surface area contributed by atoms with Gasteiger partial charge in [-0.3, -0.25) is 14.4 Å². The van der Waals surface area contributed by atoms with E-state index < -0.39 is 11.9 Å². The van der Waals surface area contributed by atoms with Gasteiger partial charge in [0.25, 0.3) is 0 Å². The lowest BCUT2D eigenvalue weighted by Crippen LogP contribution is -2.40. The fourth-order valence-corrected chi connectivity index (χ4v) is 6.27. The summed E-state index contributed by atoms with van der Waals surface area (Å²) in [6.07, 6.45) is 3.59. The molecule has 1 N–H and O–H groups in total. The molecule has 0 aromatic heterocycles. The van der Waals surface area contributed by atoms with Crippen molar-refractivity contribution in [2.75, 3.05) is 6.54 Å². The van der Waals surface area contributed by atoms with Gasteiger partial charge in [0.2, 0.25) is 0 Å². The highest BCUT2D eigenvalue weighted by molar-refractivity contribution is 9.10. The van der Waals surface area contributed by atoms with Crippen molar-refractivity contribution >= 4 is 49.4 Å². The zero-order valence-electron chi connectivity index (χ0n) is 20.3. The van der Waals surface area contributed by atoms with Crippen molar-refractivity contribution in [3.05, 3.63) is 85.1 Å². The zero-order valence-corrected chi connectivity index (χ0v) is 23.4. The second kappa shape index (κ2) is 11.0. The van der Waals surface area contributed by atoms with Gasteiger partial charge < -0.3 is 14.7 Å². The molecule has 2 aliphatic carbocycles. The Morgan fingerprint density at radius 3 is 2.08 bits per heavy atom. The van der Waals surface area contributed by atoms with E-state index in [-0.39, 0.29) is 24.5 Å². The third kappa shape index (κ3) is 5.32. The van der Waals surface area contributed by atoms with Crippen LogP contribution in [0.3, 0.4) is 0 Å². The lowest BCUT2D eigenvalue weighted by atomic mass is 9.70. The van der Waals surface area contributed by atoms with Crippen LogP contribution in [0, 0.1) is 0 Å². The maximum Gasteiger partial charge on any atom is 0.305 e. The maximum atomic E-state index is 13.5. The summed E-state index contributed by atoms with van der Waals surface area (Å²) in [4.78, 5) is 40.4. The van der Waals surface area contributed by atoms with Crippen LogP contribution in [0.25, 0.3) is 0 Å². The van der Waals surface area contributed by atoms with Crippen LogP contribution in [0.4, 0.5) is 0 Å². The second-order valence-electron chi connectivity index (χ2n) is 9.60. The van der Waals surface area contributed by atoms with E-state index in [0.29, 0.717) is 49.2 Å². The predicted molar refractivity (Wildman–Crippen MR) is 146 cm³/mol. The van der Waals surface area contributed by atoms with Crippen molar-refractivity contribution in [2.24, 2.45) is 0 Å². The van der Waals surface area contributed by atoms with Crippen molar-refractivity contribution in [3.8, 4) is 5.75 Å². The first-order valence-corrected chi connectivity index (χ1v) is 14.1. The fraction of sp³-hybridized carbons (Fsp3) is 0.345. The Hall–Kier alpha value is -2.71. The number of ketones is 2. The molecule has 0 saturated carbocycles. The Morgan fingerprint density at radius 1 is 0.892 bits per heavy atom. The van der Waals surface area contributed by atoms with Gasteiger partial charge in [-0.15, -0.1) is 0 Å². The zero-order chi connectivity index (χ0) is 26.1. The molecule has 0 radical (unpaired) electrons. The van der Waals surface area contributed by atoms with Crippen molar-refractivity contribution in [2.45, 2.75) is 57.5 Å². The average molecular weight is 629 g/mol. The molecule has 192 valence electrons. The third-order valence-corrected chi connectivity index (χ3v) is 8.25. The van der Waals surface area contributed by atoms with Gasteiger partial charge in [-0.05, 0) is 61.6 Å². The minimum Gasteiger partial charge on any atom is -0.489 e. The number of carboxylic acid groups (broad SMARTS) is 1. The summed E-state index contributed by atoms with van der Waals surface area (Å²) in [7, 11) is 0. The summed E-state index contributed by atoms with van der Waals surface area (Å²) >= 11 is 7.04. The normalized spacial score (nSPS) is 18.2. The van der Waals surface area contributed by atoms with Gasteiger partial charge in [0.1, 0.15) is 12.4 Å². The summed E-state index contributed by atoms with van der Waals surface area (Å²) in [5.74, 6) is -0.744. The van der Waals surface area contributed by atoms with Crippen LogP contribution in [0.15, 0.2) is 74.0 Å². The van der Waals surface area contributed by atoms with E-state index in [1.165, 1.54) is 0 Å². The number of carboxylic acids is 1. The van der Waals surface area contributed by atoms with E-state index in [2.05, 4.69) is 31.9 Å². The standard InChI is InChI=1S/C29H27Br2NO5/c30-18-9-7-17(8-10-18)16-37-25-12-11-19(31)15-20(25)27-28-21(3-1-5-23(28)33)32(14-13-26(35)36)22-4-2-6-24(34)29(22)27/h7-12,15,27H,1-6,13-14,16H2,(H,35,36). The number of hydrogen-bond donors (Lipinski definition) is 1. The van der Waals surface area contributed by atoms with Gasteiger partial charge >= 0.3 is 5.97 Å². The molecule has 8 heteroatoms. The van der Waals surface area contributed by atoms with E-state index in [9.17, 15) is 19.5 Å². The van der Waals surface area contributed by atoms with E-state index in [0.717, 1.165) is 44.3 Å². The average Bonchev–Trinajstić information content (AvgIpc) is 2.87. The van der Waals surface area contributed by atoms with Crippen LogP contribution in [0.2, 0.25) is 0 Å². The summed E-state index contributed by atoms with van der Waals surface area (Å²) in [6.45, 7) is 0.602. The Labute approximate surface area is 232 Å². The molecular formula is C29H27Br2NO5. The molecule has 0 amide bonds. The number of aliphatic carboxylic acids is 1. The highest BCUT2D eigenvalue weighted by atomic mass is 79.9. The highest BCUT2D eigenvalue weighted by Crippen LogP contribution is 2.51. The number of halogens is 2. The molecule has 37 heavy (non-hydrogen) atoms. The van der Waals surface area contributed by atoms with Crippen molar-refractivity contribution in [1.29, 1.82) is 0 Å². The molecule has 0 unspecified atom stereocenters. The molecule has 2 aromatic rings. The molecule has 5 rings (SSSR count). The van der Waals surface area contributed by atoms with Gasteiger partial charge in [-0.25, -0.2) is 0 Å². The first-order valence-electron chi connectivity index (χ1n) is 12.5. The van der Waals surface area contributed by atoms with E-state index in [1.54, 1.807) is 0 Å². The largest absolute Gasteiger partial charge is 0.489 e. The first kappa shape index (κ1) is 25.9. The number of carbonyl (C=O) groups is 3. The summed E-state index contributed by atoms with van der Waals surface area (Å²) in [5, 5.41) is 9.39. The van der Waals surface area contributed by atoms with Gasteiger partial charge in [-0.2, -0.15) is 0 Å². The number of benzene rings is 2. The topological polar surface area (TPSA) is 83.9 Å². The quantitative estimate of drug-likeness (QED) is 0.368. The number of carbonyl (C=O) groups excluding carboxylic acids is 2. The lowest BCUT2D eigenvalue weighted by Gasteiger charge is -2.44. The molecular weight excluding hydrogens is 602 g/mol. The van der Waals surface area contributed by atoms with Crippen molar-refractivity contribution < 1.29 is 24.2 Å². The molecule has 6 nitrogen and oxygen atoms in total. The van der Waals surface area contributed by atoms with E-state index in [4.69, 9.17) is 4.74 Å². The maximum absolute atomic E-state index is 13.5. The Kier molecular flexibility index (Phi) is 7.67. The first-order chi connectivity index (χ1) is 17.8. The van der Waals surface area contributed by atoms with Gasteiger partial charge in [0, 0.05) is 62.4 Å². The summed E-state index contributed by atoms with van der Waals surface area (Å²) in [5.41, 5.74) is 4.77. The fourth-order valence-electron chi connectivity index (χ4n) is 5.62. The Morgan fingerprint density at radius 2 is 1.49 bits per heavy atom.